The molecule has 3 aromatic carbocycles. The van der Waals surface area contributed by atoms with Crippen LogP contribution in [0.15, 0.2) is 76.5 Å². The summed E-state index contributed by atoms with van der Waals surface area (Å²) >= 11 is 6.04. The van der Waals surface area contributed by atoms with Crippen LogP contribution in [0.2, 0.25) is 5.02 Å². The topological polar surface area (TPSA) is 86.8 Å². The lowest BCUT2D eigenvalue weighted by Gasteiger charge is -2.23. The van der Waals surface area contributed by atoms with E-state index in [4.69, 9.17) is 11.6 Å². The van der Waals surface area contributed by atoms with E-state index in [1.165, 1.54) is 0 Å². The van der Waals surface area contributed by atoms with E-state index < -0.39 is 10.8 Å². The molecule has 2 aliphatic heterocycles. The minimum Gasteiger partial charge on any atom is -0.352 e. The number of nitrogens with one attached hydrogen (secondary N) is 1. The highest BCUT2D eigenvalue weighted by atomic mass is 35.5. The maximum atomic E-state index is 13.7. The Morgan fingerprint density at radius 1 is 1.00 bits per heavy atom. The van der Waals surface area contributed by atoms with Gasteiger partial charge in [0.15, 0.2) is 0 Å². The number of benzene rings is 3. The fraction of sp³-hybridized carbons (Fsp3) is 0.250. The summed E-state index contributed by atoms with van der Waals surface area (Å²) in [6, 6.07) is 19.0. The Labute approximate surface area is 222 Å². The standard InChI is InChI=1S/C28H26ClN3O4S/c29-21-11-8-19(9-12-21)18-32-23-17-20(27(34)30-14-4-16-31-15-3-7-26(31)33)10-13-25(23)37(36)24-6-2-1-5-22(24)28(32)35/h1-2,5-6,8-13,17H,3-4,7,14-16,18H2,(H,30,34)/t37-/m1/s1. The van der Waals surface area contributed by atoms with Crippen LogP contribution in [0.4, 0.5) is 5.69 Å². The van der Waals surface area contributed by atoms with Crippen molar-refractivity contribution in [1.82, 2.24) is 10.2 Å². The predicted molar refractivity (Wildman–Crippen MR) is 142 cm³/mol. The van der Waals surface area contributed by atoms with E-state index in [1.807, 2.05) is 17.0 Å². The van der Waals surface area contributed by atoms with Gasteiger partial charge in [0.2, 0.25) is 5.91 Å². The molecule has 9 heteroatoms. The van der Waals surface area contributed by atoms with Crippen molar-refractivity contribution in [2.45, 2.75) is 35.6 Å². The minimum atomic E-state index is -1.60. The van der Waals surface area contributed by atoms with Gasteiger partial charge in [0.05, 0.1) is 38.4 Å². The van der Waals surface area contributed by atoms with Gasteiger partial charge in [-0.15, -0.1) is 0 Å². The van der Waals surface area contributed by atoms with E-state index in [0.717, 1.165) is 18.5 Å². The van der Waals surface area contributed by atoms with Crippen molar-refractivity contribution < 1.29 is 18.6 Å². The third kappa shape index (κ3) is 5.31. The van der Waals surface area contributed by atoms with Crippen molar-refractivity contribution >= 4 is 45.8 Å². The Hall–Kier alpha value is -3.49. The Bertz CT molecular complexity index is 1390. The summed E-state index contributed by atoms with van der Waals surface area (Å²) in [4.78, 5) is 42.7. The van der Waals surface area contributed by atoms with Gasteiger partial charge in [-0.1, -0.05) is 35.9 Å². The molecule has 0 aliphatic carbocycles. The summed E-state index contributed by atoms with van der Waals surface area (Å²) < 4.78 is 13.5. The Morgan fingerprint density at radius 2 is 1.78 bits per heavy atom. The molecular formula is C28H26ClN3O4S. The van der Waals surface area contributed by atoms with Gasteiger partial charge in [0.1, 0.15) is 0 Å². The van der Waals surface area contributed by atoms with Gasteiger partial charge in [0.25, 0.3) is 11.8 Å². The summed E-state index contributed by atoms with van der Waals surface area (Å²) in [7, 11) is -1.60. The van der Waals surface area contributed by atoms with E-state index in [0.29, 0.717) is 57.6 Å². The number of halogens is 1. The summed E-state index contributed by atoms with van der Waals surface area (Å²) in [5.74, 6) is -0.413. The highest BCUT2D eigenvalue weighted by Gasteiger charge is 2.31. The molecule has 0 saturated carbocycles. The summed E-state index contributed by atoms with van der Waals surface area (Å²) in [6.07, 6.45) is 2.14. The van der Waals surface area contributed by atoms with Crippen molar-refractivity contribution in [3.63, 3.8) is 0 Å². The first kappa shape index (κ1) is 25.2. The van der Waals surface area contributed by atoms with Crippen molar-refractivity contribution in [3.05, 3.63) is 88.4 Å². The lowest BCUT2D eigenvalue weighted by Crippen LogP contribution is -2.32. The van der Waals surface area contributed by atoms with Crippen molar-refractivity contribution in [2.24, 2.45) is 0 Å². The lowest BCUT2D eigenvalue weighted by atomic mass is 10.1. The molecule has 0 spiro atoms. The molecule has 0 aromatic heterocycles. The molecule has 5 rings (SSSR count). The Kier molecular flexibility index (Phi) is 7.39. The van der Waals surface area contributed by atoms with Gasteiger partial charge in [-0.25, -0.2) is 4.21 Å². The molecule has 0 bridgehead atoms. The monoisotopic (exact) mass is 535 g/mol. The second-order valence-corrected chi connectivity index (χ2v) is 10.9. The van der Waals surface area contributed by atoms with Gasteiger partial charge >= 0.3 is 0 Å². The van der Waals surface area contributed by atoms with Crippen LogP contribution in [0, 0.1) is 0 Å². The van der Waals surface area contributed by atoms with Crippen molar-refractivity contribution in [3.8, 4) is 0 Å². The molecule has 7 nitrogen and oxygen atoms in total. The van der Waals surface area contributed by atoms with E-state index in [9.17, 15) is 18.6 Å². The number of fused-ring (bicyclic) bond motifs is 2. The first-order valence-electron chi connectivity index (χ1n) is 12.2. The van der Waals surface area contributed by atoms with Crippen LogP contribution in [0.1, 0.15) is 45.5 Å². The van der Waals surface area contributed by atoms with Crippen LogP contribution in [0.3, 0.4) is 0 Å². The third-order valence-electron chi connectivity index (χ3n) is 6.59. The number of nitrogens with zero attached hydrogens (tertiary/aromatic N) is 2. The number of anilines is 1. The number of amides is 3. The number of hydrogen-bond acceptors (Lipinski definition) is 4. The van der Waals surface area contributed by atoms with Crippen LogP contribution in [0.5, 0.6) is 0 Å². The van der Waals surface area contributed by atoms with Gasteiger partial charge in [-0.3, -0.25) is 14.4 Å². The van der Waals surface area contributed by atoms with Crippen LogP contribution in [-0.4, -0.2) is 46.5 Å². The van der Waals surface area contributed by atoms with E-state index in [-0.39, 0.29) is 24.3 Å². The quantitative estimate of drug-likeness (QED) is 0.454. The number of likely N-dealkylation sites (tertiary alicyclic amines) is 1. The molecule has 3 aromatic rings. The van der Waals surface area contributed by atoms with Gasteiger partial charge in [-0.2, -0.15) is 0 Å². The normalized spacial score (nSPS) is 16.8. The maximum absolute atomic E-state index is 13.7. The molecule has 1 saturated heterocycles. The Morgan fingerprint density at radius 3 is 2.54 bits per heavy atom. The largest absolute Gasteiger partial charge is 0.352 e. The molecule has 190 valence electrons. The average molecular weight is 536 g/mol. The fourth-order valence-corrected chi connectivity index (χ4v) is 6.12. The number of rotatable bonds is 7. The molecule has 1 fully saturated rings. The first-order valence-corrected chi connectivity index (χ1v) is 13.7. The maximum Gasteiger partial charge on any atom is 0.259 e. The van der Waals surface area contributed by atoms with Gasteiger partial charge in [-0.05, 0) is 60.9 Å². The smallest absolute Gasteiger partial charge is 0.259 e. The highest BCUT2D eigenvalue weighted by molar-refractivity contribution is 7.85. The zero-order valence-electron chi connectivity index (χ0n) is 20.1. The second-order valence-electron chi connectivity index (χ2n) is 9.06. The van der Waals surface area contributed by atoms with Crippen molar-refractivity contribution in [1.29, 1.82) is 0 Å². The fourth-order valence-electron chi connectivity index (χ4n) is 4.65. The summed E-state index contributed by atoms with van der Waals surface area (Å²) in [5.41, 5.74) is 2.02. The lowest BCUT2D eigenvalue weighted by molar-refractivity contribution is -0.127. The van der Waals surface area contributed by atoms with E-state index in [2.05, 4.69) is 5.32 Å². The average Bonchev–Trinajstić information content (AvgIpc) is 3.30. The summed E-state index contributed by atoms with van der Waals surface area (Å²) in [6.45, 7) is 2.03. The summed E-state index contributed by atoms with van der Waals surface area (Å²) in [5, 5.41) is 3.49. The highest BCUT2D eigenvalue weighted by Crippen LogP contribution is 2.36. The minimum absolute atomic E-state index is 0.163. The molecule has 0 unspecified atom stereocenters. The van der Waals surface area contributed by atoms with Gasteiger partial charge in [0, 0.05) is 36.6 Å². The van der Waals surface area contributed by atoms with E-state index in [1.54, 1.807) is 59.5 Å². The first-order chi connectivity index (χ1) is 17.9. The third-order valence-corrected chi connectivity index (χ3v) is 8.34. The number of hydrogen-bond donors (Lipinski definition) is 1. The SMILES string of the molecule is O=C(NCCCN1CCCC1=O)c1ccc2c(c1)N(Cc1ccc(Cl)cc1)C(=O)c1ccccc1[S@]2=O. The Balaban J connectivity index is 1.41. The molecule has 3 amide bonds. The molecule has 2 aliphatic rings. The zero-order valence-corrected chi connectivity index (χ0v) is 21.7. The number of carbonyl (C=O) groups excluding carboxylic acids is 3. The van der Waals surface area contributed by atoms with Crippen LogP contribution in [-0.2, 0) is 22.1 Å². The molecule has 1 N–H and O–H groups in total. The second kappa shape index (κ2) is 10.9. The van der Waals surface area contributed by atoms with Crippen LogP contribution >= 0.6 is 11.6 Å². The number of carbonyl (C=O) groups is 3. The molecule has 37 heavy (non-hydrogen) atoms. The molecule has 0 radical (unpaired) electrons. The predicted octanol–water partition coefficient (Wildman–Crippen LogP) is 4.41. The molecule has 2 heterocycles. The zero-order chi connectivity index (χ0) is 25.9. The van der Waals surface area contributed by atoms with Gasteiger partial charge < -0.3 is 15.1 Å². The van der Waals surface area contributed by atoms with E-state index >= 15 is 0 Å². The molecular weight excluding hydrogens is 510 g/mol. The molecule has 1 atom stereocenters. The van der Waals surface area contributed by atoms with Crippen LogP contribution < -0.4 is 10.2 Å². The van der Waals surface area contributed by atoms with Crippen LogP contribution in [0.25, 0.3) is 0 Å². The van der Waals surface area contributed by atoms with Crippen molar-refractivity contribution in [2.75, 3.05) is 24.5 Å².